The number of rotatable bonds is 4. The first-order valence-corrected chi connectivity index (χ1v) is 11.1. The smallest absolute Gasteiger partial charge is 0.238 e. The predicted molar refractivity (Wildman–Crippen MR) is 103 cm³/mol. The molecular formula is C19H24N4O3S. The molecule has 144 valence electrons. The lowest BCUT2D eigenvalue weighted by Gasteiger charge is -2.34. The maximum Gasteiger partial charge on any atom is 0.238 e. The van der Waals surface area contributed by atoms with E-state index in [-0.39, 0.29) is 30.0 Å². The molecule has 1 atom stereocenters. The van der Waals surface area contributed by atoms with Crippen molar-refractivity contribution in [2.45, 2.75) is 25.3 Å². The van der Waals surface area contributed by atoms with E-state index < -0.39 is 9.84 Å². The van der Waals surface area contributed by atoms with E-state index >= 15 is 0 Å². The number of benzene rings is 1. The number of anilines is 1. The second kappa shape index (κ2) is 7.09. The highest BCUT2D eigenvalue weighted by Crippen LogP contribution is 2.27. The molecule has 8 heteroatoms. The molecular weight excluding hydrogens is 364 g/mol. The molecule has 2 aromatic rings. The summed E-state index contributed by atoms with van der Waals surface area (Å²) in [5.74, 6) is -0.0260. The number of hydrogen-bond acceptors (Lipinski definition) is 5. The van der Waals surface area contributed by atoms with Crippen LogP contribution in [0.15, 0.2) is 30.6 Å². The van der Waals surface area contributed by atoms with Gasteiger partial charge in [0.1, 0.15) is 0 Å². The first-order chi connectivity index (χ1) is 12.9. The van der Waals surface area contributed by atoms with Gasteiger partial charge in [-0.3, -0.25) is 14.4 Å². The molecule has 0 unspecified atom stereocenters. The van der Waals surface area contributed by atoms with Crippen molar-refractivity contribution in [2.24, 2.45) is 7.05 Å². The van der Waals surface area contributed by atoms with Gasteiger partial charge in [0.2, 0.25) is 5.91 Å². The van der Waals surface area contributed by atoms with Crippen LogP contribution >= 0.6 is 0 Å². The van der Waals surface area contributed by atoms with E-state index in [1.54, 1.807) is 17.9 Å². The molecule has 4 rings (SSSR count). The van der Waals surface area contributed by atoms with E-state index in [1.807, 2.05) is 17.2 Å². The first kappa shape index (κ1) is 18.2. The van der Waals surface area contributed by atoms with E-state index in [9.17, 15) is 13.2 Å². The van der Waals surface area contributed by atoms with Crippen molar-refractivity contribution in [1.82, 2.24) is 14.7 Å². The van der Waals surface area contributed by atoms with Gasteiger partial charge in [0, 0.05) is 31.0 Å². The number of sulfone groups is 1. The standard InChI is InChI=1S/C19H24N4O3S/c1-22-11-16(10-20-22)18-13-27(25,26)8-7-23(18)12-19(24)21-17-6-5-14-3-2-4-15(14)9-17/h5-6,9-11,18H,2-4,7-8,12-13H2,1H3,(H,21,24)/t18-/m0/s1. The Morgan fingerprint density at radius 1 is 1.30 bits per heavy atom. The van der Waals surface area contributed by atoms with Crippen LogP contribution in [0.2, 0.25) is 0 Å². The Balaban J connectivity index is 1.47. The Bertz CT molecular complexity index is 967. The summed E-state index contributed by atoms with van der Waals surface area (Å²) in [4.78, 5) is 14.5. The van der Waals surface area contributed by atoms with E-state index in [0.29, 0.717) is 6.54 Å². The zero-order valence-corrected chi connectivity index (χ0v) is 16.2. The molecule has 1 N–H and O–H groups in total. The third-order valence-electron chi connectivity index (χ3n) is 5.38. The molecule has 0 bridgehead atoms. The van der Waals surface area contributed by atoms with Gasteiger partial charge in [-0.1, -0.05) is 6.07 Å². The number of hydrogen-bond donors (Lipinski definition) is 1. The van der Waals surface area contributed by atoms with Gasteiger partial charge in [0.15, 0.2) is 9.84 Å². The molecule has 1 aliphatic heterocycles. The quantitative estimate of drug-likeness (QED) is 0.854. The largest absolute Gasteiger partial charge is 0.325 e. The van der Waals surface area contributed by atoms with Crippen molar-refractivity contribution >= 4 is 21.4 Å². The van der Waals surface area contributed by atoms with Crippen LogP contribution in [-0.2, 0) is 34.5 Å². The maximum absolute atomic E-state index is 12.6. The van der Waals surface area contributed by atoms with E-state index in [2.05, 4.69) is 22.5 Å². The van der Waals surface area contributed by atoms with Crippen LogP contribution < -0.4 is 5.32 Å². The van der Waals surface area contributed by atoms with E-state index in [4.69, 9.17) is 0 Å². The number of amides is 1. The van der Waals surface area contributed by atoms with Crippen molar-refractivity contribution in [1.29, 1.82) is 0 Å². The Kier molecular flexibility index (Phi) is 4.77. The summed E-state index contributed by atoms with van der Waals surface area (Å²) < 4.78 is 25.9. The summed E-state index contributed by atoms with van der Waals surface area (Å²) in [7, 11) is -1.32. The maximum atomic E-state index is 12.6. The van der Waals surface area contributed by atoms with Crippen LogP contribution in [0, 0.1) is 0 Å². The van der Waals surface area contributed by atoms with Crippen LogP contribution in [0.3, 0.4) is 0 Å². The lowest BCUT2D eigenvalue weighted by Crippen LogP contribution is -2.46. The Morgan fingerprint density at radius 3 is 2.89 bits per heavy atom. The predicted octanol–water partition coefficient (Wildman–Crippen LogP) is 1.32. The normalized spacial score (nSPS) is 21.7. The lowest BCUT2D eigenvalue weighted by molar-refractivity contribution is -0.117. The van der Waals surface area contributed by atoms with Crippen molar-refractivity contribution in [2.75, 3.05) is 29.9 Å². The molecule has 1 amide bonds. The minimum atomic E-state index is -3.12. The van der Waals surface area contributed by atoms with Crippen molar-refractivity contribution in [3.8, 4) is 0 Å². The van der Waals surface area contributed by atoms with Gasteiger partial charge in [-0.15, -0.1) is 0 Å². The molecule has 0 spiro atoms. The molecule has 1 aliphatic carbocycles. The Hall–Kier alpha value is -2.19. The third kappa shape index (κ3) is 4.06. The zero-order chi connectivity index (χ0) is 19.0. The Morgan fingerprint density at radius 2 is 2.11 bits per heavy atom. The molecule has 1 aromatic heterocycles. The number of aryl methyl sites for hydroxylation is 3. The fraction of sp³-hybridized carbons (Fsp3) is 0.474. The molecule has 7 nitrogen and oxygen atoms in total. The van der Waals surface area contributed by atoms with E-state index in [1.165, 1.54) is 17.5 Å². The second-order valence-corrected chi connectivity index (χ2v) is 9.66. The average molecular weight is 388 g/mol. The monoisotopic (exact) mass is 388 g/mol. The van der Waals surface area contributed by atoms with Crippen LogP contribution in [0.1, 0.15) is 29.2 Å². The van der Waals surface area contributed by atoms with Gasteiger partial charge in [-0.05, 0) is 42.5 Å². The van der Waals surface area contributed by atoms with Crippen molar-refractivity contribution < 1.29 is 13.2 Å². The van der Waals surface area contributed by atoms with Gasteiger partial charge < -0.3 is 5.32 Å². The average Bonchev–Trinajstić information content (AvgIpc) is 3.24. The van der Waals surface area contributed by atoms with Crippen molar-refractivity contribution in [3.05, 3.63) is 47.3 Å². The molecule has 2 heterocycles. The first-order valence-electron chi connectivity index (χ1n) is 9.24. The number of carbonyl (C=O) groups is 1. The molecule has 1 aromatic carbocycles. The number of nitrogens with zero attached hydrogens (tertiary/aromatic N) is 3. The van der Waals surface area contributed by atoms with Crippen molar-refractivity contribution in [3.63, 3.8) is 0 Å². The van der Waals surface area contributed by atoms with Gasteiger partial charge in [0.05, 0.1) is 30.3 Å². The van der Waals surface area contributed by atoms with Crippen LogP contribution in [0.25, 0.3) is 0 Å². The molecule has 27 heavy (non-hydrogen) atoms. The molecule has 0 radical (unpaired) electrons. The fourth-order valence-corrected chi connectivity index (χ4v) is 5.55. The lowest BCUT2D eigenvalue weighted by atomic mass is 10.1. The third-order valence-corrected chi connectivity index (χ3v) is 7.01. The van der Waals surface area contributed by atoms with E-state index in [0.717, 1.165) is 24.1 Å². The summed E-state index contributed by atoms with van der Waals surface area (Å²) in [6, 6.07) is 5.74. The molecule has 1 fully saturated rings. The number of aromatic nitrogens is 2. The highest BCUT2D eigenvalue weighted by molar-refractivity contribution is 7.91. The number of nitrogens with one attached hydrogen (secondary N) is 1. The highest BCUT2D eigenvalue weighted by atomic mass is 32.2. The summed E-state index contributed by atoms with van der Waals surface area (Å²) >= 11 is 0. The molecule has 2 aliphatic rings. The Labute approximate surface area is 159 Å². The van der Waals surface area contributed by atoms with Gasteiger partial charge >= 0.3 is 0 Å². The highest BCUT2D eigenvalue weighted by Gasteiger charge is 2.34. The van der Waals surface area contributed by atoms with Crippen LogP contribution in [0.5, 0.6) is 0 Å². The summed E-state index contributed by atoms with van der Waals surface area (Å²) in [6.45, 7) is 0.506. The number of fused-ring (bicyclic) bond motifs is 1. The van der Waals surface area contributed by atoms with Gasteiger partial charge in [0.25, 0.3) is 0 Å². The van der Waals surface area contributed by atoms with Crippen LogP contribution in [-0.4, -0.2) is 53.6 Å². The molecule has 0 saturated carbocycles. The SMILES string of the molecule is Cn1cc([C@@H]2CS(=O)(=O)CCN2CC(=O)Nc2ccc3c(c2)CCC3)cn1. The minimum Gasteiger partial charge on any atom is -0.325 e. The zero-order valence-electron chi connectivity index (χ0n) is 15.4. The summed E-state index contributed by atoms with van der Waals surface area (Å²) in [6.07, 6.45) is 6.83. The molecule has 1 saturated heterocycles. The summed E-state index contributed by atoms with van der Waals surface area (Å²) in [5, 5.41) is 7.11. The van der Waals surface area contributed by atoms with Gasteiger partial charge in [-0.25, -0.2) is 8.42 Å². The number of carbonyl (C=O) groups excluding carboxylic acids is 1. The summed E-state index contributed by atoms with van der Waals surface area (Å²) in [5.41, 5.74) is 4.31. The van der Waals surface area contributed by atoms with Gasteiger partial charge in [-0.2, -0.15) is 5.10 Å². The van der Waals surface area contributed by atoms with Crippen LogP contribution in [0.4, 0.5) is 5.69 Å². The fourth-order valence-electron chi connectivity index (χ4n) is 3.98. The topological polar surface area (TPSA) is 84.3 Å². The minimum absolute atomic E-state index is 0.0187. The second-order valence-electron chi connectivity index (χ2n) is 7.43.